The Hall–Kier alpha value is -3.53. The Balaban J connectivity index is 1.44. The molecular formula is C25H28FN5O4. The van der Waals surface area contributed by atoms with Crippen molar-refractivity contribution in [3.63, 3.8) is 0 Å². The number of rotatable bonds is 6. The normalized spacial score (nSPS) is 20.2. The Morgan fingerprint density at radius 2 is 2.09 bits per heavy atom. The Bertz CT molecular complexity index is 1290. The number of halogens is 1. The average molecular weight is 482 g/mol. The van der Waals surface area contributed by atoms with E-state index in [0.29, 0.717) is 64.8 Å². The van der Waals surface area contributed by atoms with Crippen molar-refractivity contribution in [3.8, 4) is 17.0 Å². The topological polar surface area (TPSA) is 120 Å². The summed E-state index contributed by atoms with van der Waals surface area (Å²) in [4.78, 5) is 38.4. The lowest BCUT2D eigenvalue weighted by Gasteiger charge is -2.35. The number of ether oxygens (including phenoxy) is 1. The number of aryl methyl sites for hydroxylation is 1. The van der Waals surface area contributed by atoms with E-state index in [1.54, 1.807) is 17.9 Å². The van der Waals surface area contributed by atoms with Gasteiger partial charge in [-0.15, -0.1) is 0 Å². The van der Waals surface area contributed by atoms with Crippen LogP contribution in [-0.4, -0.2) is 68.6 Å². The highest BCUT2D eigenvalue weighted by Gasteiger charge is 2.32. The van der Waals surface area contributed by atoms with Crippen LogP contribution in [-0.2, 0) is 4.79 Å². The van der Waals surface area contributed by atoms with E-state index in [9.17, 15) is 19.1 Å². The maximum absolute atomic E-state index is 14.0. The first-order valence-corrected chi connectivity index (χ1v) is 11.8. The second-order valence-corrected chi connectivity index (χ2v) is 9.37. The third kappa shape index (κ3) is 4.70. The number of amides is 2. The van der Waals surface area contributed by atoms with Gasteiger partial charge in [0.15, 0.2) is 0 Å². The van der Waals surface area contributed by atoms with Gasteiger partial charge < -0.3 is 25.0 Å². The number of nitrogens with one attached hydrogen (secondary N) is 2. The lowest BCUT2D eigenvalue weighted by molar-refractivity contribution is -0.132. The predicted octanol–water partition coefficient (Wildman–Crippen LogP) is 2.57. The van der Waals surface area contributed by atoms with E-state index < -0.39 is 18.0 Å². The summed E-state index contributed by atoms with van der Waals surface area (Å²) in [6, 6.07) is 3.84. The van der Waals surface area contributed by atoms with Crippen LogP contribution in [0.1, 0.15) is 42.2 Å². The second-order valence-electron chi connectivity index (χ2n) is 9.37. The molecule has 0 radical (unpaired) electrons. The molecule has 2 amide bonds. The molecular weight excluding hydrogens is 453 g/mol. The second kappa shape index (κ2) is 9.26. The number of fused-ring (bicyclic) bond motifs is 1. The number of aromatic nitrogens is 3. The number of likely N-dealkylation sites (tertiary alicyclic amines) is 1. The molecule has 2 aromatic heterocycles. The molecule has 2 fully saturated rings. The molecule has 1 saturated carbocycles. The van der Waals surface area contributed by atoms with Gasteiger partial charge in [-0.1, -0.05) is 0 Å². The highest BCUT2D eigenvalue weighted by molar-refractivity contribution is 6.09. The Kier molecular flexibility index (Phi) is 6.14. The first-order chi connectivity index (χ1) is 16.8. The van der Waals surface area contributed by atoms with Crippen LogP contribution < -0.4 is 10.1 Å². The monoisotopic (exact) mass is 481 g/mol. The molecule has 2 atom stereocenters. The maximum Gasteiger partial charge on any atom is 0.255 e. The van der Waals surface area contributed by atoms with Crippen LogP contribution in [0.3, 0.4) is 0 Å². The number of aromatic amines is 1. The number of piperidine rings is 1. The van der Waals surface area contributed by atoms with E-state index >= 15 is 0 Å². The van der Waals surface area contributed by atoms with E-state index in [0.717, 1.165) is 12.8 Å². The minimum absolute atomic E-state index is 0.105. The smallest absolute Gasteiger partial charge is 0.255 e. The zero-order valence-corrected chi connectivity index (χ0v) is 19.7. The molecule has 35 heavy (non-hydrogen) atoms. The van der Waals surface area contributed by atoms with Crippen molar-refractivity contribution in [2.45, 2.75) is 45.3 Å². The number of nitrogens with zero attached hydrogens (tertiary/aromatic N) is 3. The third-order valence-corrected chi connectivity index (χ3v) is 6.71. The maximum atomic E-state index is 14.0. The molecule has 10 heteroatoms. The fraction of sp³-hybridized carbons (Fsp3) is 0.440. The minimum atomic E-state index is -0.863. The van der Waals surface area contributed by atoms with E-state index in [4.69, 9.17) is 4.74 Å². The van der Waals surface area contributed by atoms with Gasteiger partial charge in [0.05, 0.1) is 29.8 Å². The average Bonchev–Trinajstić information content (AvgIpc) is 3.58. The number of β-amino-alcohol motifs (C(OH)–C–C–N with tert-alkyl or cyclic N) is 1. The minimum Gasteiger partial charge on any atom is -0.492 e. The number of hydrogen-bond donors (Lipinski definition) is 3. The predicted molar refractivity (Wildman–Crippen MR) is 126 cm³/mol. The first-order valence-electron chi connectivity index (χ1n) is 11.8. The molecule has 1 aliphatic heterocycles. The van der Waals surface area contributed by atoms with E-state index in [2.05, 4.69) is 20.3 Å². The van der Waals surface area contributed by atoms with Crippen molar-refractivity contribution in [1.82, 2.24) is 25.2 Å². The van der Waals surface area contributed by atoms with E-state index in [1.807, 2.05) is 0 Å². The van der Waals surface area contributed by atoms with Crippen LogP contribution in [0, 0.1) is 18.7 Å². The van der Waals surface area contributed by atoms with Crippen molar-refractivity contribution in [2.75, 3.05) is 19.7 Å². The van der Waals surface area contributed by atoms with Gasteiger partial charge in [0.1, 0.15) is 29.1 Å². The summed E-state index contributed by atoms with van der Waals surface area (Å²) in [7, 11) is 0. The number of aliphatic hydroxyl groups is 1. The zero-order valence-electron chi connectivity index (χ0n) is 19.7. The van der Waals surface area contributed by atoms with Gasteiger partial charge in [0, 0.05) is 37.3 Å². The fourth-order valence-electron chi connectivity index (χ4n) is 4.53. The molecule has 1 saturated heterocycles. The summed E-state index contributed by atoms with van der Waals surface area (Å²) < 4.78 is 19.9. The largest absolute Gasteiger partial charge is 0.492 e. The van der Waals surface area contributed by atoms with E-state index in [-0.39, 0.29) is 18.4 Å². The van der Waals surface area contributed by atoms with Gasteiger partial charge in [-0.05, 0) is 44.2 Å². The summed E-state index contributed by atoms with van der Waals surface area (Å²) >= 11 is 0. The molecule has 2 unspecified atom stereocenters. The molecule has 5 rings (SSSR count). The quantitative estimate of drug-likeness (QED) is 0.498. The lowest BCUT2D eigenvalue weighted by atomic mass is 10.0. The molecule has 2 aliphatic rings. The molecule has 9 nitrogen and oxygen atoms in total. The fourth-order valence-corrected chi connectivity index (χ4v) is 4.53. The number of H-pyrrole nitrogens is 1. The molecule has 3 heterocycles. The van der Waals surface area contributed by atoms with Crippen LogP contribution in [0.4, 0.5) is 4.39 Å². The lowest BCUT2D eigenvalue weighted by Crippen LogP contribution is -2.55. The molecule has 1 aromatic carbocycles. The van der Waals surface area contributed by atoms with Gasteiger partial charge in [0.2, 0.25) is 5.91 Å². The van der Waals surface area contributed by atoms with Crippen LogP contribution >= 0.6 is 0 Å². The summed E-state index contributed by atoms with van der Waals surface area (Å²) in [5.74, 6) is 0.0181. The molecule has 184 valence electrons. The Morgan fingerprint density at radius 1 is 1.29 bits per heavy atom. The van der Waals surface area contributed by atoms with Gasteiger partial charge in [-0.3, -0.25) is 9.59 Å². The van der Waals surface area contributed by atoms with Crippen molar-refractivity contribution in [3.05, 3.63) is 41.6 Å². The molecule has 0 spiro atoms. The van der Waals surface area contributed by atoms with Crippen LogP contribution in [0.15, 0.2) is 24.5 Å². The van der Waals surface area contributed by atoms with Crippen LogP contribution in [0.5, 0.6) is 5.75 Å². The number of hydrogen-bond acceptors (Lipinski definition) is 6. The summed E-state index contributed by atoms with van der Waals surface area (Å²) in [5, 5.41) is 13.4. The van der Waals surface area contributed by atoms with E-state index in [1.165, 1.54) is 25.4 Å². The number of aliphatic hydroxyl groups excluding tert-OH is 1. The summed E-state index contributed by atoms with van der Waals surface area (Å²) in [6.07, 6.45) is 3.18. The van der Waals surface area contributed by atoms with Gasteiger partial charge in [-0.2, -0.15) is 0 Å². The van der Waals surface area contributed by atoms with Crippen molar-refractivity contribution in [1.29, 1.82) is 0 Å². The summed E-state index contributed by atoms with van der Waals surface area (Å²) in [5.41, 5.74) is 3.05. The number of carbonyl (C=O) groups excluding carboxylic acids is 2. The Labute approximate surface area is 201 Å². The van der Waals surface area contributed by atoms with Crippen molar-refractivity contribution in [2.24, 2.45) is 5.92 Å². The van der Waals surface area contributed by atoms with Crippen LogP contribution in [0.2, 0.25) is 0 Å². The third-order valence-electron chi connectivity index (χ3n) is 6.71. The zero-order chi connectivity index (χ0) is 24.7. The molecule has 3 aromatic rings. The van der Waals surface area contributed by atoms with Crippen molar-refractivity contribution >= 4 is 22.8 Å². The van der Waals surface area contributed by atoms with Gasteiger partial charge >= 0.3 is 0 Å². The number of benzene rings is 1. The first kappa shape index (κ1) is 23.2. The van der Waals surface area contributed by atoms with Gasteiger partial charge in [-0.25, -0.2) is 14.4 Å². The molecule has 1 aliphatic carbocycles. The van der Waals surface area contributed by atoms with Gasteiger partial charge in [0.25, 0.3) is 5.91 Å². The molecule has 0 bridgehead atoms. The Morgan fingerprint density at radius 3 is 2.80 bits per heavy atom. The SMILES string of the molecule is CC(=O)N1CCC(NC(=O)c2c(C)[nH]c3c(-c4ccc(F)cc4OCC4CC4)ncnc23)C(O)C1. The number of carbonyl (C=O) groups is 2. The summed E-state index contributed by atoms with van der Waals surface area (Å²) in [6.45, 7) is 4.39. The highest BCUT2D eigenvalue weighted by atomic mass is 19.1. The standard InChI is InChI=1S/C25H28FN5O4/c1-13-21(25(34)30-18-7-8-31(14(2)32)10-19(18)33)23-24(29-13)22(27-12-28-23)17-6-5-16(26)9-20(17)35-11-15-3-4-15/h5-6,9,12,15,18-19,29,33H,3-4,7-8,10-11H2,1-2H3,(H,30,34). The van der Waals surface area contributed by atoms with Crippen LogP contribution in [0.25, 0.3) is 22.3 Å². The molecule has 3 N–H and O–H groups in total. The van der Waals surface area contributed by atoms with Crippen molar-refractivity contribution < 1.29 is 23.8 Å². The highest BCUT2D eigenvalue weighted by Crippen LogP contribution is 2.36.